The van der Waals surface area contributed by atoms with Crippen LogP contribution in [0.2, 0.25) is 0 Å². The van der Waals surface area contributed by atoms with Crippen LogP contribution in [0.4, 0.5) is 0 Å². The molecular formula is C17H23NO. The van der Waals surface area contributed by atoms with Crippen molar-refractivity contribution in [2.24, 2.45) is 0 Å². The highest BCUT2D eigenvalue weighted by Crippen LogP contribution is 2.35. The molecule has 1 unspecified atom stereocenters. The molecule has 0 bridgehead atoms. The number of fused-ring (bicyclic) bond motifs is 1. The Balaban J connectivity index is 2.16. The maximum Gasteiger partial charge on any atom is 0.149 e. The summed E-state index contributed by atoms with van der Waals surface area (Å²) < 4.78 is 5.80. The molecule has 2 nitrogen and oxygen atoms in total. The highest BCUT2D eigenvalue weighted by molar-refractivity contribution is 5.43. The van der Waals surface area contributed by atoms with Gasteiger partial charge in [0, 0.05) is 6.04 Å². The number of ether oxygens (including phenoxy) is 1. The average molecular weight is 257 g/mol. The Morgan fingerprint density at radius 1 is 1.42 bits per heavy atom. The van der Waals surface area contributed by atoms with Gasteiger partial charge in [-0.25, -0.2) is 0 Å². The third kappa shape index (κ3) is 3.52. The Bertz CT molecular complexity index is 470. The van der Waals surface area contributed by atoms with Crippen LogP contribution in [0.15, 0.2) is 18.2 Å². The molecular weight excluding hydrogens is 234 g/mol. The smallest absolute Gasteiger partial charge is 0.149 e. The zero-order valence-electron chi connectivity index (χ0n) is 12.0. The molecule has 2 heteroatoms. The van der Waals surface area contributed by atoms with Crippen LogP contribution >= 0.6 is 0 Å². The third-order valence-electron chi connectivity index (χ3n) is 3.58. The van der Waals surface area contributed by atoms with E-state index in [2.05, 4.69) is 42.3 Å². The van der Waals surface area contributed by atoms with Gasteiger partial charge in [-0.3, -0.25) is 0 Å². The van der Waals surface area contributed by atoms with E-state index >= 15 is 0 Å². The number of benzene rings is 1. The largest absolute Gasteiger partial charge is 0.481 e. The summed E-state index contributed by atoms with van der Waals surface area (Å²) in [4.78, 5) is 0. The molecule has 0 aliphatic heterocycles. The second kappa shape index (κ2) is 7.21. The minimum absolute atomic E-state index is 0.486. The normalized spacial score (nSPS) is 17.3. The molecule has 102 valence electrons. The first-order chi connectivity index (χ1) is 9.36. The van der Waals surface area contributed by atoms with Gasteiger partial charge in [-0.2, -0.15) is 0 Å². The minimum atomic E-state index is 0.486. The first-order valence-electron chi connectivity index (χ1n) is 7.24. The topological polar surface area (TPSA) is 21.3 Å². The summed E-state index contributed by atoms with van der Waals surface area (Å²) in [6.07, 6.45) is 4.75. The van der Waals surface area contributed by atoms with Gasteiger partial charge in [0.25, 0.3) is 0 Å². The Morgan fingerprint density at radius 3 is 3.11 bits per heavy atom. The first-order valence-corrected chi connectivity index (χ1v) is 7.24. The van der Waals surface area contributed by atoms with Crippen molar-refractivity contribution in [1.29, 1.82) is 0 Å². The van der Waals surface area contributed by atoms with Crippen molar-refractivity contribution in [3.05, 3.63) is 29.3 Å². The van der Waals surface area contributed by atoms with Crippen molar-refractivity contribution in [2.45, 2.75) is 45.6 Å². The van der Waals surface area contributed by atoms with Gasteiger partial charge in [0.15, 0.2) is 0 Å². The summed E-state index contributed by atoms with van der Waals surface area (Å²) in [7, 11) is 0. The van der Waals surface area contributed by atoms with Crippen LogP contribution in [-0.2, 0) is 6.42 Å². The number of nitrogens with one attached hydrogen (secondary N) is 1. The first kappa shape index (κ1) is 14.0. The number of hydrogen-bond acceptors (Lipinski definition) is 2. The maximum atomic E-state index is 5.80. The molecule has 2 rings (SSSR count). The molecule has 0 saturated heterocycles. The fourth-order valence-electron chi connectivity index (χ4n) is 2.67. The molecule has 1 aliphatic carbocycles. The highest BCUT2D eigenvalue weighted by Gasteiger charge is 2.21. The number of hydrogen-bond donors (Lipinski definition) is 1. The molecule has 0 spiro atoms. The summed E-state index contributed by atoms with van der Waals surface area (Å²) >= 11 is 0. The standard InChI is InChI=1S/C17H23NO/c1-3-5-13-19-17-11-7-8-14-15(17)9-6-10-16(14)18-12-4-2/h7-8,11,16,18H,4,6,9-10,12-13H2,1-2H3. The SMILES string of the molecule is CC#CCOc1cccc2c1CCCC2NCCC. The van der Waals surface area contributed by atoms with Crippen molar-refractivity contribution in [3.8, 4) is 17.6 Å². The average Bonchev–Trinajstić information content (AvgIpc) is 2.45. The molecule has 0 amide bonds. The summed E-state index contributed by atoms with van der Waals surface area (Å²) in [5, 5.41) is 3.64. The second-order valence-electron chi connectivity index (χ2n) is 4.94. The fourth-order valence-corrected chi connectivity index (χ4v) is 2.67. The van der Waals surface area contributed by atoms with Crippen LogP contribution in [0.1, 0.15) is 50.3 Å². The molecule has 0 heterocycles. The Kier molecular flexibility index (Phi) is 5.30. The zero-order chi connectivity index (χ0) is 13.5. The monoisotopic (exact) mass is 257 g/mol. The Morgan fingerprint density at radius 2 is 2.32 bits per heavy atom. The second-order valence-corrected chi connectivity index (χ2v) is 4.94. The van der Waals surface area contributed by atoms with Crippen LogP contribution in [0.3, 0.4) is 0 Å². The van der Waals surface area contributed by atoms with Gasteiger partial charge >= 0.3 is 0 Å². The van der Waals surface area contributed by atoms with Crippen molar-refractivity contribution in [1.82, 2.24) is 5.32 Å². The highest BCUT2D eigenvalue weighted by atomic mass is 16.5. The van der Waals surface area contributed by atoms with Gasteiger partial charge in [-0.15, -0.1) is 5.92 Å². The molecule has 19 heavy (non-hydrogen) atoms. The molecule has 1 aliphatic rings. The molecule has 1 atom stereocenters. The van der Waals surface area contributed by atoms with E-state index in [9.17, 15) is 0 Å². The van der Waals surface area contributed by atoms with E-state index in [1.807, 2.05) is 6.92 Å². The van der Waals surface area contributed by atoms with Crippen LogP contribution in [0.5, 0.6) is 5.75 Å². The summed E-state index contributed by atoms with van der Waals surface area (Å²) in [6.45, 7) is 5.62. The predicted octanol–water partition coefficient (Wildman–Crippen LogP) is 3.47. The summed E-state index contributed by atoms with van der Waals surface area (Å²) in [6, 6.07) is 6.89. The molecule has 1 aromatic carbocycles. The summed E-state index contributed by atoms with van der Waals surface area (Å²) in [5.41, 5.74) is 2.79. The fraction of sp³-hybridized carbons (Fsp3) is 0.529. The van der Waals surface area contributed by atoms with E-state index in [-0.39, 0.29) is 0 Å². The minimum Gasteiger partial charge on any atom is -0.481 e. The van der Waals surface area contributed by atoms with E-state index < -0.39 is 0 Å². The zero-order valence-corrected chi connectivity index (χ0v) is 12.0. The van der Waals surface area contributed by atoms with Crippen molar-refractivity contribution >= 4 is 0 Å². The lowest BCUT2D eigenvalue weighted by molar-refractivity contribution is 0.358. The van der Waals surface area contributed by atoms with E-state index in [1.165, 1.54) is 30.4 Å². The van der Waals surface area contributed by atoms with Crippen molar-refractivity contribution < 1.29 is 4.74 Å². The van der Waals surface area contributed by atoms with Gasteiger partial charge in [0.05, 0.1) is 0 Å². The predicted molar refractivity (Wildman–Crippen MR) is 79.4 cm³/mol. The van der Waals surface area contributed by atoms with Gasteiger partial charge in [0.2, 0.25) is 0 Å². The quantitative estimate of drug-likeness (QED) is 0.816. The maximum absolute atomic E-state index is 5.80. The van der Waals surface area contributed by atoms with Gasteiger partial charge in [-0.1, -0.05) is 25.0 Å². The van der Waals surface area contributed by atoms with Crippen LogP contribution in [0, 0.1) is 11.8 Å². The molecule has 0 radical (unpaired) electrons. The molecule has 1 aromatic rings. The molecule has 1 N–H and O–H groups in total. The molecule has 0 aromatic heterocycles. The summed E-state index contributed by atoms with van der Waals surface area (Å²) in [5.74, 6) is 6.85. The van der Waals surface area contributed by atoms with E-state index in [0.717, 1.165) is 18.7 Å². The van der Waals surface area contributed by atoms with Crippen molar-refractivity contribution in [3.63, 3.8) is 0 Å². The lowest BCUT2D eigenvalue weighted by Crippen LogP contribution is -2.26. The van der Waals surface area contributed by atoms with E-state index in [1.54, 1.807) is 0 Å². The molecule has 0 saturated carbocycles. The Hall–Kier alpha value is -1.46. The van der Waals surface area contributed by atoms with Gasteiger partial charge in [0.1, 0.15) is 12.4 Å². The van der Waals surface area contributed by atoms with Crippen LogP contribution in [0.25, 0.3) is 0 Å². The van der Waals surface area contributed by atoms with Crippen LogP contribution < -0.4 is 10.1 Å². The van der Waals surface area contributed by atoms with E-state index in [4.69, 9.17) is 4.74 Å². The lowest BCUT2D eigenvalue weighted by atomic mass is 9.87. The Labute approximate surface area is 116 Å². The van der Waals surface area contributed by atoms with Crippen molar-refractivity contribution in [2.75, 3.05) is 13.2 Å². The number of rotatable bonds is 5. The van der Waals surface area contributed by atoms with Gasteiger partial charge < -0.3 is 10.1 Å². The third-order valence-corrected chi connectivity index (χ3v) is 3.58. The van der Waals surface area contributed by atoms with Gasteiger partial charge in [-0.05, 0) is 56.3 Å². The molecule has 0 fully saturated rings. The lowest BCUT2D eigenvalue weighted by Gasteiger charge is -2.27. The van der Waals surface area contributed by atoms with Crippen LogP contribution in [-0.4, -0.2) is 13.2 Å². The van der Waals surface area contributed by atoms with E-state index in [0.29, 0.717) is 12.6 Å².